The van der Waals surface area contributed by atoms with Crippen LogP contribution in [0, 0.1) is 11.8 Å². The molecule has 5 heteroatoms. The van der Waals surface area contributed by atoms with Crippen molar-refractivity contribution in [1.29, 1.82) is 0 Å². The second kappa shape index (κ2) is 7.16. The van der Waals surface area contributed by atoms with E-state index in [0.29, 0.717) is 42.1 Å². The molecule has 1 aliphatic heterocycles. The minimum Gasteiger partial charge on any atom is -0.382 e. The van der Waals surface area contributed by atoms with Gasteiger partial charge < -0.3 is 8.92 Å². The van der Waals surface area contributed by atoms with Crippen molar-refractivity contribution in [2.75, 3.05) is 0 Å². The molecular formula is C21H30O4S. The highest BCUT2D eigenvalue weighted by molar-refractivity contribution is 7.87. The summed E-state index contributed by atoms with van der Waals surface area (Å²) in [6, 6.07) is 7.58. The molecule has 0 bridgehead atoms. The quantitative estimate of drug-likeness (QED) is 0.534. The number of ether oxygens (including phenoxy) is 1. The first-order valence-electron chi connectivity index (χ1n) is 10.2. The van der Waals surface area contributed by atoms with Crippen LogP contribution in [0.25, 0.3) is 0 Å². The number of benzene rings is 1. The third kappa shape index (κ3) is 3.65. The van der Waals surface area contributed by atoms with Crippen LogP contribution in [0.15, 0.2) is 24.3 Å². The van der Waals surface area contributed by atoms with Gasteiger partial charge in [0.2, 0.25) is 0 Å². The van der Waals surface area contributed by atoms with Gasteiger partial charge in [0.05, 0.1) is 17.5 Å². The van der Waals surface area contributed by atoms with Crippen molar-refractivity contribution in [2.45, 2.75) is 82.2 Å². The SMILES string of the molecule is CCCC(C)c1ccc(OS(=O)(=O)C2CC3CCCC4OC4C3C2)cc1. The minimum absolute atomic E-state index is 0.307. The van der Waals surface area contributed by atoms with Gasteiger partial charge in [-0.05, 0) is 67.6 Å². The van der Waals surface area contributed by atoms with Crippen LogP contribution < -0.4 is 4.18 Å². The molecule has 6 unspecified atom stereocenters. The first-order valence-corrected chi connectivity index (χ1v) is 11.6. The van der Waals surface area contributed by atoms with Crippen molar-refractivity contribution >= 4 is 10.1 Å². The Labute approximate surface area is 157 Å². The van der Waals surface area contributed by atoms with Crippen LogP contribution in [-0.2, 0) is 14.9 Å². The lowest BCUT2D eigenvalue weighted by Crippen LogP contribution is -2.24. The monoisotopic (exact) mass is 378 g/mol. The molecule has 2 saturated carbocycles. The normalized spacial score (nSPS) is 34.5. The number of rotatable bonds is 6. The Bertz CT molecular complexity index is 727. The molecule has 26 heavy (non-hydrogen) atoms. The molecule has 0 aromatic heterocycles. The van der Waals surface area contributed by atoms with Gasteiger partial charge in [-0.25, -0.2) is 0 Å². The van der Waals surface area contributed by atoms with Crippen LogP contribution in [0.5, 0.6) is 5.75 Å². The maximum Gasteiger partial charge on any atom is 0.312 e. The lowest BCUT2D eigenvalue weighted by Gasteiger charge is -2.15. The first-order chi connectivity index (χ1) is 12.5. The van der Waals surface area contributed by atoms with Gasteiger partial charge in [-0.3, -0.25) is 0 Å². The largest absolute Gasteiger partial charge is 0.382 e. The molecule has 0 N–H and O–H groups in total. The summed E-state index contributed by atoms with van der Waals surface area (Å²) in [6.07, 6.45) is 7.84. The molecule has 4 nitrogen and oxygen atoms in total. The van der Waals surface area contributed by atoms with Crippen molar-refractivity contribution in [2.24, 2.45) is 11.8 Å². The Morgan fingerprint density at radius 1 is 1.19 bits per heavy atom. The van der Waals surface area contributed by atoms with Crippen LogP contribution in [0.2, 0.25) is 0 Å². The molecule has 1 aromatic rings. The predicted octanol–water partition coefficient (Wildman–Crippen LogP) is 4.64. The maximum absolute atomic E-state index is 12.8. The fraction of sp³-hybridized carbons (Fsp3) is 0.714. The molecule has 0 amide bonds. The Morgan fingerprint density at radius 2 is 1.96 bits per heavy atom. The minimum atomic E-state index is -3.59. The fourth-order valence-corrected chi connectivity index (χ4v) is 6.53. The number of fused-ring (bicyclic) bond motifs is 3. The molecule has 2 aliphatic carbocycles. The lowest BCUT2D eigenvalue weighted by molar-refractivity contribution is 0.246. The van der Waals surface area contributed by atoms with Gasteiger partial charge >= 0.3 is 10.1 Å². The van der Waals surface area contributed by atoms with Crippen molar-refractivity contribution in [3.63, 3.8) is 0 Å². The average molecular weight is 379 g/mol. The highest BCUT2D eigenvalue weighted by atomic mass is 32.2. The zero-order chi connectivity index (χ0) is 18.3. The number of epoxide rings is 1. The van der Waals surface area contributed by atoms with E-state index in [1.807, 2.05) is 12.1 Å². The van der Waals surface area contributed by atoms with E-state index in [1.54, 1.807) is 12.1 Å². The Kier molecular flexibility index (Phi) is 5.04. The summed E-state index contributed by atoms with van der Waals surface area (Å²) in [7, 11) is -3.59. The van der Waals surface area contributed by atoms with Crippen molar-refractivity contribution < 1.29 is 17.3 Å². The third-order valence-corrected chi connectivity index (χ3v) is 8.23. The topological polar surface area (TPSA) is 55.9 Å². The second-order valence-corrected chi connectivity index (χ2v) is 10.2. The zero-order valence-electron chi connectivity index (χ0n) is 15.8. The molecule has 0 spiro atoms. The van der Waals surface area contributed by atoms with Gasteiger partial charge in [-0.1, -0.05) is 38.8 Å². The van der Waals surface area contributed by atoms with Crippen molar-refractivity contribution in [3.05, 3.63) is 29.8 Å². The molecule has 4 rings (SSSR count). The molecule has 0 radical (unpaired) electrons. The lowest BCUT2D eigenvalue weighted by atomic mass is 9.91. The van der Waals surface area contributed by atoms with Gasteiger partial charge in [0.1, 0.15) is 5.75 Å². The van der Waals surface area contributed by atoms with E-state index in [2.05, 4.69) is 13.8 Å². The summed E-state index contributed by atoms with van der Waals surface area (Å²) in [5.74, 6) is 1.81. The molecule has 144 valence electrons. The molecule has 3 aliphatic rings. The zero-order valence-corrected chi connectivity index (χ0v) is 16.6. The van der Waals surface area contributed by atoms with Crippen molar-refractivity contribution in [3.8, 4) is 5.75 Å². The summed E-state index contributed by atoms with van der Waals surface area (Å²) < 4.78 is 36.9. The molecule has 3 fully saturated rings. The maximum atomic E-state index is 12.8. The van der Waals surface area contributed by atoms with Crippen LogP contribution in [0.1, 0.15) is 70.3 Å². The fourth-order valence-electron chi connectivity index (χ4n) is 5.08. The van der Waals surface area contributed by atoms with Gasteiger partial charge in [-0.15, -0.1) is 0 Å². The summed E-state index contributed by atoms with van der Waals surface area (Å²) >= 11 is 0. The predicted molar refractivity (Wildman–Crippen MR) is 102 cm³/mol. The van der Waals surface area contributed by atoms with E-state index >= 15 is 0 Å². The average Bonchev–Trinajstić information content (AvgIpc) is 3.27. The van der Waals surface area contributed by atoms with Gasteiger partial charge in [0, 0.05) is 0 Å². The summed E-state index contributed by atoms with van der Waals surface area (Å²) in [6.45, 7) is 4.38. The van der Waals surface area contributed by atoms with Crippen LogP contribution in [-0.4, -0.2) is 25.9 Å². The molecule has 1 saturated heterocycles. The van der Waals surface area contributed by atoms with E-state index < -0.39 is 10.1 Å². The molecular weight excluding hydrogens is 348 g/mol. The smallest absolute Gasteiger partial charge is 0.312 e. The van der Waals surface area contributed by atoms with Gasteiger partial charge in [0.25, 0.3) is 0 Å². The highest BCUT2D eigenvalue weighted by Crippen LogP contribution is 2.50. The molecule has 6 atom stereocenters. The van der Waals surface area contributed by atoms with E-state index in [9.17, 15) is 8.42 Å². The van der Waals surface area contributed by atoms with Gasteiger partial charge in [0.15, 0.2) is 0 Å². The third-order valence-electron chi connectivity index (χ3n) is 6.60. The Balaban J connectivity index is 1.41. The standard InChI is InChI=1S/C21H30O4S/c1-3-5-14(2)15-8-10-17(11-9-15)25-26(22,23)18-12-16-6-4-7-20-21(24-20)19(16)13-18/h8-11,14,16,18-21H,3-7,12-13H2,1-2H3. The highest BCUT2D eigenvalue weighted by Gasteiger charge is 2.54. The van der Waals surface area contributed by atoms with Gasteiger partial charge in [-0.2, -0.15) is 8.42 Å². The number of hydrogen-bond donors (Lipinski definition) is 0. The number of hydrogen-bond acceptors (Lipinski definition) is 4. The Hall–Kier alpha value is -1.07. The van der Waals surface area contributed by atoms with E-state index in [4.69, 9.17) is 8.92 Å². The summed E-state index contributed by atoms with van der Waals surface area (Å²) in [4.78, 5) is 0. The van der Waals surface area contributed by atoms with Crippen LogP contribution in [0.4, 0.5) is 0 Å². The van der Waals surface area contributed by atoms with E-state index in [0.717, 1.165) is 38.5 Å². The summed E-state index contributed by atoms with van der Waals surface area (Å²) in [5.41, 5.74) is 1.23. The molecule has 1 heterocycles. The molecule has 1 aromatic carbocycles. The Morgan fingerprint density at radius 3 is 2.69 bits per heavy atom. The first kappa shape index (κ1) is 18.3. The van der Waals surface area contributed by atoms with E-state index in [1.165, 1.54) is 5.56 Å². The summed E-state index contributed by atoms with van der Waals surface area (Å²) in [5, 5.41) is -0.390. The van der Waals surface area contributed by atoms with Crippen LogP contribution in [0.3, 0.4) is 0 Å². The van der Waals surface area contributed by atoms with Crippen LogP contribution >= 0.6 is 0 Å². The van der Waals surface area contributed by atoms with E-state index in [-0.39, 0.29) is 5.25 Å². The second-order valence-electron chi connectivity index (χ2n) is 8.42. The van der Waals surface area contributed by atoms with Crippen molar-refractivity contribution in [1.82, 2.24) is 0 Å².